The first-order valence-electron chi connectivity index (χ1n) is 12.5. The van der Waals surface area contributed by atoms with Gasteiger partial charge in [-0.15, -0.1) is 0 Å². The Morgan fingerprint density at radius 1 is 0.878 bits per heavy atom. The van der Waals surface area contributed by atoms with Gasteiger partial charge in [0.2, 0.25) is 0 Å². The Hall–Kier alpha value is -3.95. The van der Waals surface area contributed by atoms with Gasteiger partial charge in [0.15, 0.2) is 0 Å². The van der Waals surface area contributed by atoms with E-state index < -0.39 is 39.8 Å². The maximum atomic E-state index is 14.7. The van der Waals surface area contributed by atoms with Crippen molar-refractivity contribution in [1.82, 2.24) is 0 Å². The minimum absolute atomic E-state index is 0.00591. The third-order valence-corrected chi connectivity index (χ3v) is 9.43. The lowest BCUT2D eigenvalue weighted by atomic mass is 9.68. The molecule has 10 heteroatoms. The monoisotopic (exact) mass is 597 g/mol. The summed E-state index contributed by atoms with van der Waals surface area (Å²) in [7, 11) is -4.68. The van der Waals surface area contributed by atoms with Crippen molar-refractivity contribution in [3.63, 3.8) is 0 Å². The predicted octanol–water partition coefficient (Wildman–Crippen LogP) is 7.69. The van der Waals surface area contributed by atoms with Gasteiger partial charge in [0.1, 0.15) is 11.2 Å². The predicted molar refractivity (Wildman–Crippen MR) is 148 cm³/mol. The Labute approximate surface area is 238 Å². The number of aryl methyl sites for hydroxylation is 1. The summed E-state index contributed by atoms with van der Waals surface area (Å²) < 4.78 is 86.2. The molecule has 0 spiro atoms. The maximum absolute atomic E-state index is 14.7. The first-order valence-corrected chi connectivity index (χ1v) is 14.3. The number of benzene rings is 4. The van der Waals surface area contributed by atoms with Crippen molar-refractivity contribution in [2.24, 2.45) is 0 Å². The van der Waals surface area contributed by atoms with Crippen molar-refractivity contribution >= 4 is 44.4 Å². The number of alkyl halides is 3. The highest BCUT2D eigenvalue weighted by atomic mass is 35.5. The van der Waals surface area contributed by atoms with Crippen LogP contribution in [0, 0.1) is 12.7 Å². The highest BCUT2D eigenvalue weighted by molar-refractivity contribution is 7.93. The van der Waals surface area contributed by atoms with Crippen molar-refractivity contribution in [3.8, 4) is 0 Å². The summed E-state index contributed by atoms with van der Waals surface area (Å²) >= 11 is 6.36. The molecule has 1 atom stereocenters. The molecule has 6 rings (SSSR count). The van der Waals surface area contributed by atoms with E-state index in [4.69, 9.17) is 11.6 Å². The zero-order valence-electron chi connectivity index (χ0n) is 21.3. The Bertz CT molecular complexity index is 1870. The summed E-state index contributed by atoms with van der Waals surface area (Å²) in [6, 6.07) is 21.0. The second-order valence-electron chi connectivity index (χ2n) is 10.0. The standard InChI is InChI=1S/C31H20ClF4NO3S/c1-18-6-13-22(14-7-18)41(39,40)37-26-15-10-20(32)16-24(26)28-27(19-8-11-21(33)12-9-19)23-4-2-3-5-25(23)30(28,29(37)38)17-31(34,35)36/h2-16H,17H2,1H3. The first-order chi connectivity index (χ1) is 19.3. The minimum atomic E-state index is -4.89. The van der Waals surface area contributed by atoms with Crippen molar-refractivity contribution in [3.05, 3.63) is 130 Å². The summed E-state index contributed by atoms with van der Waals surface area (Å²) in [4.78, 5) is 14.4. The van der Waals surface area contributed by atoms with Crippen LogP contribution in [-0.4, -0.2) is 20.5 Å². The van der Waals surface area contributed by atoms with Gasteiger partial charge in [-0.1, -0.05) is 65.7 Å². The number of sulfonamides is 1. The molecule has 0 saturated carbocycles. The van der Waals surface area contributed by atoms with Gasteiger partial charge in [0.05, 0.1) is 17.0 Å². The summed E-state index contributed by atoms with van der Waals surface area (Å²) in [6.45, 7) is 1.75. The van der Waals surface area contributed by atoms with Gasteiger partial charge >= 0.3 is 6.18 Å². The molecule has 0 fully saturated rings. The van der Waals surface area contributed by atoms with E-state index in [0.29, 0.717) is 15.4 Å². The smallest absolute Gasteiger partial charge is 0.272 e. The normalized spacial score (nSPS) is 18.3. The van der Waals surface area contributed by atoms with E-state index in [1.165, 1.54) is 66.7 Å². The molecule has 0 aromatic heterocycles. The average molecular weight is 598 g/mol. The number of fused-ring (bicyclic) bond motifs is 5. The third-order valence-electron chi connectivity index (χ3n) is 7.49. The summed E-state index contributed by atoms with van der Waals surface area (Å²) in [5, 5.41) is 0.133. The van der Waals surface area contributed by atoms with Crippen LogP contribution in [0.15, 0.2) is 95.9 Å². The van der Waals surface area contributed by atoms with E-state index in [1.807, 2.05) is 0 Å². The molecule has 2 aliphatic rings. The highest BCUT2D eigenvalue weighted by Gasteiger charge is 2.62. The van der Waals surface area contributed by atoms with Crippen LogP contribution < -0.4 is 4.31 Å². The van der Waals surface area contributed by atoms with Crippen LogP contribution in [0.25, 0.3) is 11.1 Å². The average Bonchev–Trinajstić information content (AvgIpc) is 3.20. The lowest BCUT2D eigenvalue weighted by Crippen LogP contribution is -2.54. The molecule has 0 radical (unpaired) electrons. The van der Waals surface area contributed by atoms with E-state index in [0.717, 1.165) is 5.56 Å². The quantitative estimate of drug-likeness (QED) is 0.227. The first kappa shape index (κ1) is 27.2. The minimum Gasteiger partial charge on any atom is -0.272 e. The highest BCUT2D eigenvalue weighted by Crippen LogP contribution is 2.62. The Kier molecular flexibility index (Phi) is 6.17. The number of rotatable bonds is 4. The number of hydrogen-bond acceptors (Lipinski definition) is 3. The Morgan fingerprint density at radius 2 is 1.54 bits per heavy atom. The van der Waals surface area contributed by atoms with E-state index >= 15 is 0 Å². The Balaban J connectivity index is 1.77. The molecule has 1 aliphatic carbocycles. The van der Waals surface area contributed by atoms with Crippen LogP contribution in [0.2, 0.25) is 5.02 Å². The van der Waals surface area contributed by atoms with E-state index in [-0.39, 0.29) is 37.9 Å². The second kappa shape index (κ2) is 9.29. The zero-order chi connectivity index (χ0) is 29.3. The molecule has 208 valence electrons. The molecule has 0 saturated heterocycles. The summed E-state index contributed by atoms with van der Waals surface area (Å²) in [5.41, 5.74) is -0.838. The van der Waals surface area contributed by atoms with Gasteiger partial charge < -0.3 is 0 Å². The van der Waals surface area contributed by atoms with Crippen molar-refractivity contribution in [2.75, 3.05) is 4.31 Å². The second-order valence-corrected chi connectivity index (χ2v) is 12.3. The van der Waals surface area contributed by atoms with Crippen LogP contribution in [0.5, 0.6) is 0 Å². The molecule has 0 bridgehead atoms. The van der Waals surface area contributed by atoms with Gasteiger partial charge in [0, 0.05) is 10.6 Å². The van der Waals surface area contributed by atoms with Crippen LogP contribution in [-0.2, 0) is 20.2 Å². The van der Waals surface area contributed by atoms with Gasteiger partial charge in [-0.05, 0) is 77.2 Å². The van der Waals surface area contributed by atoms with Gasteiger partial charge in [-0.2, -0.15) is 13.2 Å². The van der Waals surface area contributed by atoms with Gasteiger partial charge in [-0.3, -0.25) is 4.79 Å². The molecule has 1 amide bonds. The van der Waals surface area contributed by atoms with Gasteiger partial charge in [0.25, 0.3) is 15.9 Å². The summed E-state index contributed by atoms with van der Waals surface area (Å²) in [6.07, 6.45) is -6.55. The number of halogens is 5. The van der Waals surface area contributed by atoms with Crippen LogP contribution in [0.4, 0.5) is 23.2 Å². The molecular weight excluding hydrogens is 578 g/mol. The maximum Gasteiger partial charge on any atom is 0.390 e. The SMILES string of the molecule is Cc1ccc(S(=O)(=O)N2C(=O)C3(CC(F)(F)F)C(=C(c4ccc(F)cc4)c4ccccc43)c3cc(Cl)ccc32)cc1. The zero-order valence-corrected chi connectivity index (χ0v) is 22.9. The number of carbonyl (C=O) groups excluding carboxylic acids is 1. The molecule has 1 aliphatic heterocycles. The molecular formula is C31H20ClF4NO3S. The topological polar surface area (TPSA) is 54.5 Å². The lowest BCUT2D eigenvalue weighted by Gasteiger charge is -2.42. The number of amides is 1. The fourth-order valence-corrected chi connectivity index (χ4v) is 7.50. The van der Waals surface area contributed by atoms with Crippen LogP contribution >= 0.6 is 11.6 Å². The number of nitrogens with zero attached hydrogens (tertiary/aromatic N) is 1. The molecule has 1 heterocycles. The molecule has 1 unspecified atom stereocenters. The molecule has 0 N–H and O–H groups in total. The Morgan fingerprint density at radius 3 is 2.20 bits per heavy atom. The molecule has 4 aromatic carbocycles. The largest absolute Gasteiger partial charge is 0.390 e. The number of anilines is 1. The molecule has 4 nitrogen and oxygen atoms in total. The van der Waals surface area contributed by atoms with E-state index in [2.05, 4.69) is 0 Å². The van der Waals surface area contributed by atoms with Crippen molar-refractivity contribution in [1.29, 1.82) is 0 Å². The fourth-order valence-electron chi connectivity index (χ4n) is 5.84. The fraction of sp³-hybridized carbons (Fsp3) is 0.129. The van der Waals surface area contributed by atoms with Crippen LogP contribution in [0.1, 0.15) is 34.2 Å². The molecule has 4 aromatic rings. The number of carbonyl (C=O) groups is 1. The van der Waals surface area contributed by atoms with Crippen LogP contribution in [0.3, 0.4) is 0 Å². The summed E-state index contributed by atoms with van der Waals surface area (Å²) in [5.74, 6) is -1.81. The molecule has 41 heavy (non-hydrogen) atoms. The van der Waals surface area contributed by atoms with E-state index in [9.17, 15) is 30.8 Å². The van der Waals surface area contributed by atoms with Gasteiger partial charge in [-0.25, -0.2) is 17.1 Å². The van der Waals surface area contributed by atoms with E-state index in [1.54, 1.807) is 31.2 Å². The number of hydrogen-bond donors (Lipinski definition) is 0. The third kappa shape index (κ3) is 4.18. The van der Waals surface area contributed by atoms with Crippen molar-refractivity contribution in [2.45, 2.75) is 29.8 Å². The lowest BCUT2D eigenvalue weighted by molar-refractivity contribution is -0.152. The van der Waals surface area contributed by atoms with Crippen molar-refractivity contribution < 1.29 is 30.8 Å².